The highest BCUT2D eigenvalue weighted by molar-refractivity contribution is 7.11. The fraction of sp³-hybridized carbons (Fsp3) is 0.500. The van der Waals surface area contributed by atoms with Crippen LogP contribution in [0.3, 0.4) is 0 Å². The standard InChI is InChI=1S/C20H29N5S/c1-15-6-8-17(9-7-15)18(25-10-4-5-11-25)13-23-20(21-3)24-14-19-22-12-16(2)26-19/h6-9,12,18H,4-5,10-11,13-14H2,1-3H3,(H2,21,23,24). The fourth-order valence-corrected chi connectivity index (χ4v) is 4.08. The molecule has 1 fully saturated rings. The number of nitrogens with zero attached hydrogens (tertiary/aromatic N) is 3. The van der Waals surface area contributed by atoms with Gasteiger partial charge >= 0.3 is 0 Å². The molecular formula is C20H29N5S. The molecule has 2 aromatic rings. The first-order valence-electron chi connectivity index (χ1n) is 9.32. The number of aliphatic imine (C=N–C) groups is 1. The summed E-state index contributed by atoms with van der Waals surface area (Å²) >= 11 is 1.72. The molecule has 1 aromatic heterocycles. The van der Waals surface area contributed by atoms with E-state index < -0.39 is 0 Å². The average molecular weight is 372 g/mol. The van der Waals surface area contributed by atoms with Crippen LogP contribution >= 0.6 is 11.3 Å². The van der Waals surface area contributed by atoms with Gasteiger partial charge < -0.3 is 10.6 Å². The van der Waals surface area contributed by atoms with Crippen LogP contribution < -0.4 is 10.6 Å². The molecule has 1 aromatic carbocycles. The first-order chi connectivity index (χ1) is 12.7. The quantitative estimate of drug-likeness (QED) is 0.604. The predicted octanol–water partition coefficient (Wildman–Crippen LogP) is 3.26. The summed E-state index contributed by atoms with van der Waals surface area (Å²) in [5.74, 6) is 0.828. The summed E-state index contributed by atoms with van der Waals surface area (Å²) in [6, 6.07) is 9.30. The summed E-state index contributed by atoms with van der Waals surface area (Å²) in [4.78, 5) is 12.6. The van der Waals surface area contributed by atoms with Gasteiger partial charge in [0, 0.05) is 24.7 Å². The monoisotopic (exact) mass is 371 g/mol. The Morgan fingerprint density at radius 1 is 1.19 bits per heavy atom. The highest BCUT2D eigenvalue weighted by Crippen LogP contribution is 2.24. The van der Waals surface area contributed by atoms with Crippen molar-refractivity contribution in [3.8, 4) is 0 Å². The summed E-state index contributed by atoms with van der Waals surface area (Å²) in [6.07, 6.45) is 4.50. The molecule has 26 heavy (non-hydrogen) atoms. The first kappa shape index (κ1) is 18.9. The lowest BCUT2D eigenvalue weighted by molar-refractivity contribution is 0.245. The summed E-state index contributed by atoms with van der Waals surface area (Å²) in [5.41, 5.74) is 2.68. The fourth-order valence-electron chi connectivity index (χ4n) is 3.36. The van der Waals surface area contributed by atoms with Crippen molar-refractivity contribution >= 4 is 17.3 Å². The molecular weight excluding hydrogens is 342 g/mol. The maximum atomic E-state index is 4.40. The van der Waals surface area contributed by atoms with Crippen LogP contribution in [0.2, 0.25) is 0 Å². The Labute approximate surface area is 160 Å². The zero-order chi connectivity index (χ0) is 18.4. The average Bonchev–Trinajstić information content (AvgIpc) is 3.31. The second-order valence-corrected chi connectivity index (χ2v) is 8.16. The van der Waals surface area contributed by atoms with E-state index >= 15 is 0 Å². The number of hydrogen-bond acceptors (Lipinski definition) is 4. The highest BCUT2D eigenvalue weighted by atomic mass is 32.1. The molecule has 0 bridgehead atoms. The van der Waals surface area contributed by atoms with E-state index in [-0.39, 0.29) is 0 Å². The van der Waals surface area contributed by atoms with Crippen LogP contribution in [0.25, 0.3) is 0 Å². The molecule has 3 rings (SSSR count). The zero-order valence-electron chi connectivity index (χ0n) is 16.0. The van der Waals surface area contributed by atoms with Gasteiger partial charge in [0.2, 0.25) is 0 Å². The lowest BCUT2D eigenvalue weighted by atomic mass is 10.0. The Morgan fingerprint density at radius 3 is 2.54 bits per heavy atom. The zero-order valence-corrected chi connectivity index (χ0v) is 16.8. The second kappa shape index (κ2) is 9.14. The van der Waals surface area contributed by atoms with E-state index in [4.69, 9.17) is 0 Å². The van der Waals surface area contributed by atoms with Gasteiger partial charge in [-0.2, -0.15) is 0 Å². The van der Waals surface area contributed by atoms with E-state index in [2.05, 4.69) is 63.6 Å². The third kappa shape index (κ3) is 5.05. The molecule has 1 saturated heterocycles. The van der Waals surface area contributed by atoms with Gasteiger partial charge in [-0.1, -0.05) is 29.8 Å². The molecule has 140 valence electrons. The molecule has 0 spiro atoms. The van der Waals surface area contributed by atoms with Crippen molar-refractivity contribution in [2.45, 2.75) is 39.3 Å². The highest BCUT2D eigenvalue weighted by Gasteiger charge is 2.23. The van der Waals surface area contributed by atoms with E-state index in [1.54, 1.807) is 11.3 Å². The second-order valence-electron chi connectivity index (χ2n) is 6.84. The van der Waals surface area contributed by atoms with E-state index in [1.165, 1.54) is 41.9 Å². The van der Waals surface area contributed by atoms with Crippen LogP contribution in [-0.2, 0) is 6.54 Å². The minimum atomic E-state index is 0.374. The van der Waals surface area contributed by atoms with Crippen molar-refractivity contribution in [3.63, 3.8) is 0 Å². The number of aromatic nitrogens is 1. The van der Waals surface area contributed by atoms with Crippen LogP contribution in [0.15, 0.2) is 35.5 Å². The van der Waals surface area contributed by atoms with E-state index in [1.807, 2.05) is 13.2 Å². The summed E-state index contributed by atoms with van der Waals surface area (Å²) in [6.45, 7) is 8.11. The van der Waals surface area contributed by atoms with Gasteiger partial charge in [-0.25, -0.2) is 4.98 Å². The molecule has 1 atom stereocenters. The van der Waals surface area contributed by atoms with Gasteiger partial charge in [0.1, 0.15) is 5.01 Å². The Balaban J connectivity index is 1.61. The largest absolute Gasteiger partial charge is 0.354 e. The van der Waals surface area contributed by atoms with Gasteiger partial charge in [-0.05, 0) is 45.3 Å². The Kier molecular flexibility index (Phi) is 6.63. The van der Waals surface area contributed by atoms with Crippen molar-refractivity contribution in [3.05, 3.63) is 51.5 Å². The molecule has 1 unspecified atom stereocenters. The summed E-state index contributed by atoms with van der Waals surface area (Å²) < 4.78 is 0. The molecule has 1 aliphatic rings. The third-order valence-electron chi connectivity index (χ3n) is 4.81. The van der Waals surface area contributed by atoms with E-state index in [0.717, 1.165) is 17.5 Å². The van der Waals surface area contributed by atoms with Crippen molar-refractivity contribution in [2.75, 3.05) is 26.7 Å². The number of benzene rings is 1. The van der Waals surface area contributed by atoms with Gasteiger partial charge in [0.15, 0.2) is 5.96 Å². The number of likely N-dealkylation sites (tertiary alicyclic amines) is 1. The number of aryl methyl sites for hydroxylation is 2. The number of guanidine groups is 1. The van der Waals surface area contributed by atoms with Gasteiger partial charge in [0.25, 0.3) is 0 Å². The number of nitrogens with one attached hydrogen (secondary N) is 2. The molecule has 0 amide bonds. The number of hydrogen-bond donors (Lipinski definition) is 2. The predicted molar refractivity (Wildman–Crippen MR) is 110 cm³/mol. The molecule has 1 aliphatic heterocycles. The van der Waals surface area contributed by atoms with Crippen LogP contribution in [0.1, 0.15) is 39.9 Å². The minimum absolute atomic E-state index is 0.374. The number of thiazole rings is 1. The molecule has 6 heteroatoms. The summed E-state index contributed by atoms with van der Waals surface area (Å²) in [7, 11) is 1.82. The van der Waals surface area contributed by atoms with E-state index in [9.17, 15) is 0 Å². The Morgan fingerprint density at radius 2 is 1.92 bits per heavy atom. The Bertz CT molecular complexity index is 716. The van der Waals surface area contributed by atoms with Gasteiger partial charge in [0.05, 0.1) is 12.6 Å². The molecule has 0 radical (unpaired) electrons. The topological polar surface area (TPSA) is 52.6 Å². The molecule has 2 N–H and O–H groups in total. The summed E-state index contributed by atoms with van der Waals surface area (Å²) in [5, 5.41) is 7.97. The molecule has 5 nitrogen and oxygen atoms in total. The number of rotatable bonds is 6. The van der Waals surface area contributed by atoms with Crippen LogP contribution in [0.5, 0.6) is 0 Å². The normalized spacial score (nSPS) is 16.7. The van der Waals surface area contributed by atoms with Crippen molar-refractivity contribution < 1.29 is 0 Å². The third-order valence-corrected chi connectivity index (χ3v) is 5.72. The maximum Gasteiger partial charge on any atom is 0.191 e. The van der Waals surface area contributed by atoms with Crippen molar-refractivity contribution in [2.24, 2.45) is 4.99 Å². The van der Waals surface area contributed by atoms with Crippen LogP contribution in [-0.4, -0.2) is 42.5 Å². The molecule has 2 heterocycles. The maximum absolute atomic E-state index is 4.40. The first-order valence-corrected chi connectivity index (χ1v) is 10.1. The lowest BCUT2D eigenvalue weighted by Gasteiger charge is -2.29. The van der Waals surface area contributed by atoms with Crippen LogP contribution in [0, 0.1) is 13.8 Å². The smallest absolute Gasteiger partial charge is 0.191 e. The van der Waals surface area contributed by atoms with Gasteiger partial charge in [-0.3, -0.25) is 9.89 Å². The molecule has 0 saturated carbocycles. The van der Waals surface area contributed by atoms with Gasteiger partial charge in [-0.15, -0.1) is 11.3 Å². The SMILES string of the molecule is CN=C(NCc1ncc(C)s1)NCC(c1ccc(C)cc1)N1CCCC1. The Hall–Kier alpha value is -1.92. The van der Waals surface area contributed by atoms with Crippen LogP contribution in [0.4, 0.5) is 0 Å². The van der Waals surface area contributed by atoms with E-state index in [0.29, 0.717) is 12.6 Å². The minimum Gasteiger partial charge on any atom is -0.354 e. The lowest BCUT2D eigenvalue weighted by Crippen LogP contribution is -2.42. The van der Waals surface area contributed by atoms with Crippen molar-refractivity contribution in [1.29, 1.82) is 0 Å². The van der Waals surface area contributed by atoms with Crippen molar-refractivity contribution in [1.82, 2.24) is 20.5 Å². The molecule has 0 aliphatic carbocycles.